The second-order valence-corrected chi connectivity index (χ2v) is 3.32. The van der Waals surface area contributed by atoms with Crippen LogP contribution in [0.15, 0.2) is 23.9 Å². The highest BCUT2D eigenvalue weighted by molar-refractivity contribution is 5.81. The highest BCUT2D eigenvalue weighted by atomic mass is 16.6. The normalized spacial score (nSPS) is 28.3. The zero-order chi connectivity index (χ0) is 12.5. The van der Waals surface area contributed by atoms with E-state index in [4.69, 9.17) is 5.11 Å². The van der Waals surface area contributed by atoms with Crippen LogP contribution in [0, 0.1) is 26.1 Å². The molecule has 0 bridgehead atoms. The lowest BCUT2D eigenvalue weighted by Gasteiger charge is -2.23. The van der Waals surface area contributed by atoms with Gasteiger partial charge in [0.1, 0.15) is 5.92 Å². The summed E-state index contributed by atoms with van der Waals surface area (Å²) in [6, 6.07) is 0. The number of aliphatic carboxylic acids is 1. The maximum Gasteiger partial charge on any atom is 0.387 e. The molecule has 1 N–H and O–H groups in total. The average molecular weight is 228 g/mol. The van der Waals surface area contributed by atoms with Crippen molar-refractivity contribution in [2.45, 2.75) is 12.5 Å². The molecule has 0 radical (unpaired) electrons. The summed E-state index contributed by atoms with van der Waals surface area (Å²) in [6.45, 7) is 1.15. The zero-order valence-electron chi connectivity index (χ0n) is 8.19. The predicted octanol–water partition coefficient (Wildman–Crippen LogP) is 0.453. The first-order valence-corrected chi connectivity index (χ1v) is 4.25. The van der Waals surface area contributed by atoms with Crippen molar-refractivity contribution in [2.24, 2.45) is 5.92 Å². The molecule has 86 valence electrons. The Morgan fingerprint density at radius 1 is 1.50 bits per heavy atom. The quantitative estimate of drug-likeness (QED) is 0.552. The Morgan fingerprint density at radius 2 is 2.06 bits per heavy atom. The van der Waals surface area contributed by atoms with E-state index in [1.165, 1.54) is 0 Å². The van der Waals surface area contributed by atoms with Crippen LogP contribution in [0.1, 0.15) is 6.92 Å². The summed E-state index contributed by atoms with van der Waals surface area (Å²) in [5.41, 5.74) is -2.95. The third-order valence-electron chi connectivity index (χ3n) is 2.58. The van der Waals surface area contributed by atoms with Crippen molar-refractivity contribution in [3.63, 3.8) is 0 Å². The summed E-state index contributed by atoms with van der Waals surface area (Å²) < 4.78 is 0. The van der Waals surface area contributed by atoms with E-state index >= 15 is 0 Å². The van der Waals surface area contributed by atoms with E-state index in [1.807, 2.05) is 0 Å². The number of nitro groups is 2. The maximum atomic E-state index is 11.0. The fourth-order valence-electron chi connectivity index (χ4n) is 1.58. The van der Waals surface area contributed by atoms with E-state index in [-0.39, 0.29) is 0 Å². The average Bonchev–Trinajstić information content (AvgIpc) is 2.16. The van der Waals surface area contributed by atoms with Crippen molar-refractivity contribution in [3.8, 4) is 0 Å². The molecule has 0 aromatic rings. The van der Waals surface area contributed by atoms with Gasteiger partial charge in [0, 0.05) is 17.1 Å². The van der Waals surface area contributed by atoms with Crippen molar-refractivity contribution >= 4 is 5.97 Å². The third-order valence-corrected chi connectivity index (χ3v) is 2.58. The SMILES string of the molecule is CC1C([N+](=O)[O-])=CC=CC1(C(=O)O)[N+](=O)[O-]. The highest BCUT2D eigenvalue weighted by Crippen LogP contribution is 2.33. The lowest BCUT2D eigenvalue weighted by molar-refractivity contribution is -0.558. The summed E-state index contributed by atoms with van der Waals surface area (Å²) in [5, 5.41) is 30.3. The minimum Gasteiger partial charge on any atom is -0.476 e. The number of carboxylic acids is 1. The van der Waals surface area contributed by atoms with Crippen molar-refractivity contribution in [1.82, 2.24) is 0 Å². The van der Waals surface area contributed by atoms with Gasteiger partial charge in [-0.15, -0.1) is 0 Å². The Bertz CT molecular complexity index is 410. The largest absolute Gasteiger partial charge is 0.476 e. The molecule has 1 rings (SSSR count). The van der Waals surface area contributed by atoms with E-state index in [0.29, 0.717) is 0 Å². The molecule has 8 nitrogen and oxygen atoms in total. The van der Waals surface area contributed by atoms with E-state index in [1.54, 1.807) is 0 Å². The predicted molar refractivity (Wildman–Crippen MR) is 50.7 cm³/mol. The van der Waals surface area contributed by atoms with Crippen LogP contribution in [0.2, 0.25) is 0 Å². The molecule has 1 aliphatic carbocycles. The standard InChI is InChI=1S/C8H8N2O6/c1-5-6(9(13)14)3-2-4-8(5,7(11)12)10(15)16/h2-5H,1H3,(H,11,12). The monoisotopic (exact) mass is 228 g/mol. The minimum atomic E-state index is -2.46. The molecule has 8 heteroatoms. The van der Waals surface area contributed by atoms with Gasteiger partial charge in [-0.2, -0.15) is 0 Å². The summed E-state index contributed by atoms with van der Waals surface area (Å²) >= 11 is 0. The lowest BCUT2D eigenvalue weighted by Crippen LogP contribution is -2.52. The second-order valence-electron chi connectivity index (χ2n) is 3.32. The van der Waals surface area contributed by atoms with Gasteiger partial charge in [0.25, 0.3) is 5.70 Å². The highest BCUT2D eigenvalue weighted by Gasteiger charge is 2.59. The van der Waals surface area contributed by atoms with Crippen LogP contribution in [-0.4, -0.2) is 26.5 Å². The second kappa shape index (κ2) is 3.72. The van der Waals surface area contributed by atoms with Gasteiger partial charge in [0.15, 0.2) is 0 Å². The van der Waals surface area contributed by atoms with Gasteiger partial charge in [-0.1, -0.05) is 6.08 Å². The van der Waals surface area contributed by atoms with Gasteiger partial charge in [0.2, 0.25) is 0 Å². The Balaban J connectivity index is 3.33. The molecule has 0 aromatic heterocycles. The fraction of sp³-hybridized carbons (Fsp3) is 0.375. The molecule has 2 unspecified atom stereocenters. The van der Waals surface area contributed by atoms with Gasteiger partial charge in [0.05, 0.1) is 4.92 Å². The topological polar surface area (TPSA) is 124 Å². The molecular weight excluding hydrogens is 220 g/mol. The van der Waals surface area contributed by atoms with E-state index < -0.39 is 33.0 Å². The van der Waals surface area contributed by atoms with Crippen molar-refractivity contribution in [1.29, 1.82) is 0 Å². The van der Waals surface area contributed by atoms with Crippen LogP contribution in [-0.2, 0) is 4.79 Å². The molecule has 0 aromatic carbocycles. The van der Waals surface area contributed by atoms with Gasteiger partial charge in [-0.05, 0) is 6.92 Å². The summed E-state index contributed by atoms with van der Waals surface area (Å²) in [4.78, 5) is 30.5. The number of allylic oxidation sites excluding steroid dienone is 2. The molecule has 2 atom stereocenters. The number of nitrogens with zero attached hydrogens (tertiary/aromatic N) is 2. The molecule has 0 fully saturated rings. The van der Waals surface area contributed by atoms with Gasteiger partial charge in [-0.25, -0.2) is 4.79 Å². The first-order valence-electron chi connectivity index (χ1n) is 4.25. The van der Waals surface area contributed by atoms with Crippen LogP contribution >= 0.6 is 0 Å². The molecule has 16 heavy (non-hydrogen) atoms. The molecule has 0 heterocycles. The Morgan fingerprint density at radius 3 is 2.44 bits per heavy atom. The summed E-state index contributed by atoms with van der Waals surface area (Å²) in [6.07, 6.45) is 2.94. The number of hydrogen-bond donors (Lipinski definition) is 1. The third kappa shape index (κ3) is 1.44. The summed E-state index contributed by atoms with van der Waals surface area (Å²) in [5.74, 6) is -3.05. The number of carboxylic acid groups (broad SMARTS) is 1. The lowest BCUT2D eigenvalue weighted by atomic mass is 9.80. The van der Waals surface area contributed by atoms with Crippen molar-refractivity contribution in [2.75, 3.05) is 0 Å². The molecule has 0 amide bonds. The van der Waals surface area contributed by atoms with Crippen LogP contribution in [0.5, 0.6) is 0 Å². The van der Waals surface area contributed by atoms with Crippen LogP contribution < -0.4 is 0 Å². The first kappa shape index (κ1) is 11.8. The van der Waals surface area contributed by atoms with Crippen molar-refractivity contribution < 1.29 is 19.7 Å². The Hall–Kier alpha value is -2.25. The molecule has 0 spiro atoms. The van der Waals surface area contributed by atoms with Gasteiger partial charge in [-0.3, -0.25) is 20.2 Å². The molecule has 0 aliphatic heterocycles. The zero-order valence-corrected chi connectivity index (χ0v) is 8.19. The van der Waals surface area contributed by atoms with Crippen LogP contribution in [0.25, 0.3) is 0 Å². The van der Waals surface area contributed by atoms with Crippen LogP contribution in [0.4, 0.5) is 0 Å². The Kier molecular flexibility index (Phi) is 2.75. The molecule has 0 saturated carbocycles. The number of hydrogen-bond acceptors (Lipinski definition) is 5. The molecular formula is C8H8N2O6. The Labute approximate surface area is 89.2 Å². The minimum absolute atomic E-state index is 0.485. The molecule has 0 saturated heterocycles. The van der Waals surface area contributed by atoms with E-state index in [2.05, 4.69) is 0 Å². The first-order chi connectivity index (χ1) is 7.34. The summed E-state index contributed by atoms with van der Waals surface area (Å²) in [7, 11) is 0. The van der Waals surface area contributed by atoms with Gasteiger partial charge < -0.3 is 5.11 Å². The maximum absolute atomic E-state index is 11.0. The van der Waals surface area contributed by atoms with E-state index in [0.717, 1.165) is 25.2 Å². The molecule has 1 aliphatic rings. The number of carbonyl (C=O) groups is 1. The van der Waals surface area contributed by atoms with Crippen molar-refractivity contribution in [3.05, 3.63) is 44.2 Å². The smallest absolute Gasteiger partial charge is 0.387 e. The van der Waals surface area contributed by atoms with Crippen LogP contribution in [0.3, 0.4) is 0 Å². The van der Waals surface area contributed by atoms with Gasteiger partial charge >= 0.3 is 11.5 Å². The van der Waals surface area contributed by atoms with E-state index in [9.17, 15) is 25.0 Å². The fourth-order valence-corrected chi connectivity index (χ4v) is 1.58. The number of rotatable bonds is 3.